The lowest BCUT2D eigenvalue weighted by atomic mass is 10.0. The van der Waals surface area contributed by atoms with Crippen LogP contribution in [0.1, 0.15) is 86.5 Å². The molecular formula is C28H50NO11PS. The quantitative estimate of drug-likeness (QED) is 0.0877. The van der Waals surface area contributed by atoms with E-state index in [4.69, 9.17) is 32.0 Å². The summed E-state index contributed by atoms with van der Waals surface area (Å²) in [6, 6.07) is 4.81. The molecule has 42 heavy (non-hydrogen) atoms. The van der Waals surface area contributed by atoms with Gasteiger partial charge in [0.2, 0.25) is 0 Å². The Hall–Kier alpha value is -1.73. The smallest absolute Gasteiger partial charge is 0.467 e. The Morgan fingerprint density at radius 1 is 0.952 bits per heavy atom. The highest BCUT2D eigenvalue weighted by atomic mass is 32.2. The van der Waals surface area contributed by atoms with Gasteiger partial charge >= 0.3 is 14.0 Å². The first kappa shape index (κ1) is 38.3. The summed E-state index contributed by atoms with van der Waals surface area (Å²) in [5.74, 6) is 0.365. The van der Waals surface area contributed by atoms with Gasteiger partial charge in [-0.1, -0.05) is 33.8 Å². The Balaban J connectivity index is 3.27. The Labute approximate surface area is 251 Å². The SMILES string of the molecule is CC(C)COP(=O)(OCOc1ccc(C(CNC(C)(C)C)OC(=O)OC(C)(C)C)cc1COS(C)(=O)=O)OCC(C)C. The summed E-state index contributed by atoms with van der Waals surface area (Å²) in [5.41, 5.74) is -0.204. The molecule has 0 bridgehead atoms. The van der Waals surface area contributed by atoms with Crippen LogP contribution in [0, 0.1) is 11.8 Å². The van der Waals surface area contributed by atoms with Crippen LogP contribution in [0.4, 0.5) is 4.79 Å². The minimum absolute atomic E-state index is 0.0846. The first-order chi connectivity index (χ1) is 19.1. The number of hydrogen-bond donors (Lipinski definition) is 1. The molecule has 0 aliphatic rings. The molecule has 1 rings (SSSR count). The molecule has 0 aromatic heterocycles. The highest BCUT2D eigenvalue weighted by molar-refractivity contribution is 7.85. The average Bonchev–Trinajstić information content (AvgIpc) is 2.81. The maximum Gasteiger partial charge on any atom is 0.509 e. The number of rotatable bonds is 17. The molecule has 0 amide bonds. The zero-order chi connectivity index (χ0) is 32.4. The zero-order valence-electron chi connectivity index (χ0n) is 26.8. The fourth-order valence-electron chi connectivity index (χ4n) is 2.99. The Morgan fingerprint density at radius 2 is 1.52 bits per heavy atom. The van der Waals surface area contributed by atoms with Crippen LogP contribution >= 0.6 is 7.82 Å². The molecule has 1 atom stereocenters. The van der Waals surface area contributed by atoms with E-state index in [0.717, 1.165) is 6.26 Å². The van der Waals surface area contributed by atoms with E-state index < -0.39 is 42.6 Å². The molecule has 0 saturated heterocycles. The van der Waals surface area contributed by atoms with Crippen molar-refractivity contribution in [1.82, 2.24) is 5.32 Å². The molecule has 1 aromatic carbocycles. The van der Waals surface area contributed by atoms with Gasteiger partial charge in [-0.05, 0) is 71.1 Å². The standard InChI is InChI=1S/C28H50NO11PS/c1-20(2)16-35-41(31,36-17-21(3)4)37-19-34-24-13-12-22(14-23(24)18-38-42(11,32)33)25(15-29-27(5,6)7)39-26(30)40-28(8,9)10/h12-14,20-21,25,29H,15-19H2,1-11H3. The third kappa shape index (κ3) is 17.4. The number of phosphoric ester groups is 1. The lowest BCUT2D eigenvalue weighted by molar-refractivity contribution is -0.0282. The van der Waals surface area contributed by atoms with Gasteiger partial charge in [0.1, 0.15) is 17.5 Å². The summed E-state index contributed by atoms with van der Waals surface area (Å²) in [5, 5.41) is 3.30. The summed E-state index contributed by atoms with van der Waals surface area (Å²) in [6.45, 7) is 18.3. The minimum atomic E-state index is -3.94. The number of ether oxygens (including phenoxy) is 3. The predicted octanol–water partition coefficient (Wildman–Crippen LogP) is 6.35. The molecule has 0 saturated carbocycles. The zero-order valence-corrected chi connectivity index (χ0v) is 28.6. The van der Waals surface area contributed by atoms with Crippen molar-refractivity contribution in [2.75, 3.05) is 32.8 Å². The van der Waals surface area contributed by atoms with E-state index in [-0.39, 0.29) is 49.5 Å². The number of phosphoric acid groups is 1. The normalized spacial score (nSPS) is 13.8. The molecule has 0 aliphatic carbocycles. The van der Waals surface area contributed by atoms with E-state index in [1.165, 1.54) is 0 Å². The third-order valence-electron chi connectivity index (χ3n) is 4.89. The highest BCUT2D eigenvalue weighted by Gasteiger charge is 2.29. The molecule has 0 spiro atoms. The summed E-state index contributed by atoms with van der Waals surface area (Å²) in [4.78, 5) is 12.5. The lowest BCUT2D eigenvalue weighted by Crippen LogP contribution is -2.39. The van der Waals surface area contributed by atoms with Crippen molar-refractivity contribution in [1.29, 1.82) is 0 Å². The van der Waals surface area contributed by atoms with Crippen molar-refractivity contribution in [3.63, 3.8) is 0 Å². The van der Waals surface area contributed by atoms with Crippen LogP contribution in [-0.4, -0.2) is 58.5 Å². The molecular weight excluding hydrogens is 589 g/mol. The maximum atomic E-state index is 13.1. The number of carbonyl (C=O) groups is 1. The van der Waals surface area contributed by atoms with Crippen LogP contribution in [0.15, 0.2) is 18.2 Å². The third-order valence-corrected chi connectivity index (χ3v) is 6.79. The number of benzene rings is 1. The fourth-order valence-corrected chi connectivity index (χ4v) is 4.70. The van der Waals surface area contributed by atoms with Crippen LogP contribution < -0.4 is 10.1 Å². The second-order valence-electron chi connectivity index (χ2n) is 12.8. The number of carbonyl (C=O) groups excluding carboxylic acids is 1. The van der Waals surface area contributed by atoms with Crippen molar-refractivity contribution in [3.05, 3.63) is 29.3 Å². The fraction of sp³-hybridized carbons (Fsp3) is 0.750. The molecule has 1 unspecified atom stereocenters. The van der Waals surface area contributed by atoms with E-state index in [2.05, 4.69) is 5.32 Å². The summed E-state index contributed by atoms with van der Waals surface area (Å²) < 4.78 is 74.7. The van der Waals surface area contributed by atoms with Crippen LogP contribution in [0.5, 0.6) is 5.75 Å². The van der Waals surface area contributed by atoms with E-state index in [9.17, 15) is 17.8 Å². The van der Waals surface area contributed by atoms with Gasteiger partial charge in [-0.25, -0.2) is 13.9 Å². The topological polar surface area (TPSA) is 145 Å². The van der Waals surface area contributed by atoms with Gasteiger partial charge in [-0.15, -0.1) is 0 Å². The molecule has 244 valence electrons. The van der Waals surface area contributed by atoms with Gasteiger partial charge in [0.05, 0.1) is 26.1 Å². The van der Waals surface area contributed by atoms with Gasteiger partial charge in [0.15, 0.2) is 6.79 Å². The van der Waals surface area contributed by atoms with Crippen molar-refractivity contribution < 1.29 is 49.7 Å². The Morgan fingerprint density at radius 3 is 2.00 bits per heavy atom. The van der Waals surface area contributed by atoms with Crippen LogP contribution in [0.3, 0.4) is 0 Å². The number of hydrogen-bond acceptors (Lipinski definition) is 12. The molecule has 0 radical (unpaired) electrons. The predicted molar refractivity (Wildman–Crippen MR) is 160 cm³/mol. The molecule has 14 heteroatoms. The minimum Gasteiger partial charge on any atom is -0.467 e. The summed E-state index contributed by atoms with van der Waals surface area (Å²) in [6.07, 6.45) is -0.726. The Bertz CT molecular complexity index is 1130. The average molecular weight is 640 g/mol. The highest BCUT2D eigenvalue weighted by Crippen LogP contribution is 2.50. The van der Waals surface area contributed by atoms with E-state index >= 15 is 0 Å². The molecule has 0 aliphatic heterocycles. The lowest BCUT2D eigenvalue weighted by Gasteiger charge is -2.27. The van der Waals surface area contributed by atoms with Crippen LogP contribution in [-0.2, 0) is 48.5 Å². The monoisotopic (exact) mass is 639 g/mol. The van der Waals surface area contributed by atoms with Gasteiger partial charge < -0.3 is 19.5 Å². The van der Waals surface area contributed by atoms with Gasteiger partial charge in [-0.2, -0.15) is 8.42 Å². The van der Waals surface area contributed by atoms with Crippen molar-refractivity contribution in [2.24, 2.45) is 11.8 Å². The van der Waals surface area contributed by atoms with Crippen molar-refractivity contribution >= 4 is 24.1 Å². The van der Waals surface area contributed by atoms with Crippen LogP contribution in [0.25, 0.3) is 0 Å². The second-order valence-corrected chi connectivity index (χ2v) is 16.1. The maximum absolute atomic E-state index is 13.1. The first-order valence-corrected chi connectivity index (χ1v) is 17.1. The Kier molecular flexibility index (Phi) is 14.9. The second kappa shape index (κ2) is 16.4. The van der Waals surface area contributed by atoms with E-state index in [1.807, 2.05) is 48.5 Å². The van der Waals surface area contributed by atoms with E-state index in [0.29, 0.717) is 11.1 Å². The summed E-state index contributed by atoms with van der Waals surface area (Å²) >= 11 is 0. The largest absolute Gasteiger partial charge is 0.509 e. The van der Waals surface area contributed by atoms with Crippen molar-refractivity contribution in [2.45, 2.75) is 93.1 Å². The molecule has 0 fully saturated rings. The number of nitrogens with one attached hydrogen (secondary N) is 1. The van der Waals surface area contributed by atoms with Gasteiger partial charge in [0.25, 0.3) is 10.1 Å². The first-order valence-electron chi connectivity index (χ1n) is 13.9. The summed E-state index contributed by atoms with van der Waals surface area (Å²) in [7, 11) is -7.74. The van der Waals surface area contributed by atoms with E-state index in [1.54, 1.807) is 39.0 Å². The molecule has 0 heterocycles. The van der Waals surface area contributed by atoms with Gasteiger partial charge in [-0.3, -0.25) is 13.2 Å². The molecule has 1 N–H and O–H groups in total. The molecule has 12 nitrogen and oxygen atoms in total. The van der Waals surface area contributed by atoms with Crippen LogP contribution in [0.2, 0.25) is 0 Å². The van der Waals surface area contributed by atoms with Crippen molar-refractivity contribution in [3.8, 4) is 5.75 Å². The van der Waals surface area contributed by atoms with Gasteiger partial charge in [0, 0.05) is 17.6 Å². The molecule has 1 aromatic rings.